The van der Waals surface area contributed by atoms with E-state index in [1.165, 1.54) is 0 Å². The third-order valence-corrected chi connectivity index (χ3v) is 2.10. The molecule has 0 saturated heterocycles. The van der Waals surface area contributed by atoms with Gasteiger partial charge in [-0.3, -0.25) is 0 Å². The van der Waals surface area contributed by atoms with Crippen LogP contribution in [0.2, 0.25) is 0 Å². The molecular formula is C7H18N2. The van der Waals surface area contributed by atoms with Gasteiger partial charge in [-0.1, -0.05) is 13.8 Å². The van der Waals surface area contributed by atoms with E-state index in [0.717, 1.165) is 6.54 Å². The van der Waals surface area contributed by atoms with Gasteiger partial charge in [0.1, 0.15) is 0 Å². The molecule has 2 nitrogen and oxygen atoms in total. The Balaban J connectivity index is 3.58. The van der Waals surface area contributed by atoms with Gasteiger partial charge in [0.15, 0.2) is 0 Å². The van der Waals surface area contributed by atoms with Crippen LogP contribution < -0.4 is 11.5 Å². The Morgan fingerprint density at radius 3 is 1.78 bits per heavy atom. The monoisotopic (exact) mass is 130 g/mol. The van der Waals surface area contributed by atoms with Gasteiger partial charge in [0.25, 0.3) is 0 Å². The third-order valence-electron chi connectivity index (χ3n) is 2.10. The highest BCUT2D eigenvalue weighted by Crippen LogP contribution is 2.11. The summed E-state index contributed by atoms with van der Waals surface area (Å²) in [5.74, 6) is 1.08. The molecule has 0 amide bonds. The first-order valence-corrected chi connectivity index (χ1v) is 3.55. The van der Waals surface area contributed by atoms with Crippen LogP contribution in [0.3, 0.4) is 0 Å². The van der Waals surface area contributed by atoms with Gasteiger partial charge in [0, 0.05) is 6.04 Å². The normalized spacial score (nSPS) is 21.0. The quantitative estimate of drug-likeness (QED) is 0.586. The Hall–Kier alpha value is -0.0800. The van der Waals surface area contributed by atoms with Crippen LogP contribution in [-0.2, 0) is 0 Å². The zero-order valence-electron chi connectivity index (χ0n) is 6.59. The molecule has 0 aliphatic carbocycles. The van der Waals surface area contributed by atoms with Crippen molar-refractivity contribution in [2.45, 2.75) is 26.8 Å². The summed E-state index contributed by atoms with van der Waals surface area (Å²) in [7, 11) is 0. The van der Waals surface area contributed by atoms with Crippen LogP contribution in [-0.4, -0.2) is 12.6 Å². The molecule has 3 unspecified atom stereocenters. The first-order chi connectivity index (χ1) is 4.09. The van der Waals surface area contributed by atoms with E-state index in [1.807, 2.05) is 6.92 Å². The maximum Gasteiger partial charge on any atom is 0.00391 e. The Bertz CT molecular complexity index is 71.3. The van der Waals surface area contributed by atoms with Gasteiger partial charge in [-0.2, -0.15) is 0 Å². The molecule has 0 aliphatic heterocycles. The smallest absolute Gasteiger partial charge is 0.00391 e. The summed E-state index contributed by atoms with van der Waals surface area (Å²) >= 11 is 0. The molecule has 3 atom stereocenters. The number of hydrogen-bond acceptors (Lipinski definition) is 2. The fourth-order valence-corrected chi connectivity index (χ4v) is 0.733. The van der Waals surface area contributed by atoms with Gasteiger partial charge in [0.2, 0.25) is 0 Å². The van der Waals surface area contributed by atoms with Gasteiger partial charge >= 0.3 is 0 Å². The molecule has 0 fully saturated rings. The van der Waals surface area contributed by atoms with E-state index in [0.29, 0.717) is 11.8 Å². The summed E-state index contributed by atoms with van der Waals surface area (Å²) in [5, 5.41) is 0. The Labute approximate surface area is 57.6 Å². The van der Waals surface area contributed by atoms with Crippen LogP contribution >= 0.6 is 0 Å². The van der Waals surface area contributed by atoms with Gasteiger partial charge in [0.05, 0.1) is 0 Å². The first-order valence-electron chi connectivity index (χ1n) is 3.55. The second-order valence-corrected chi connectivity index (χ2v) is 2.93. The molecule has 0 aromatic rings. The maximum absolute atomic E-state index is 5.66. The minimum absolute atomic E-state index is 0.267. The van der Waals surface area contributed by atoms with E-state index in [1.54, 1.807) is 0 Å². The predicted octanol–water partition coefficient (Wildman–Crippen LogP) is 0.565. The second kappa shape index (κ2) is 3.85. The van der Waals surface area contributed by atoms with Crippen LogP contribution in [0.1, 0.15) is 20.8 Å². The van der Waals surface area contributed by atoms with Crippen molar-refractivity contribution in [1.29, 1.82) is 0 Å². The van der Waals surface area contributed by atoms with E-state index in [9.17, 15) is 0 Å². The van der Waals surface area contributed by atoms with Crippen LogP contribution in [0.5, 0.6) is 0 Å². The van der Waals surface area contributed by atoms with Crippen LogP contribution in [0.25, 0.3) is 0 Å². The molecular weight excluding hydrogens is 112 g/mol. The van der Waals surface area contributed by atoms with Crippen LogP contribution in [0.15, 0.2) is 0 Å². The summed E-state index contributed by atoms with van der Waals surface area (Å²) in [6.07, 6.45) is 0. The zero-order chi connectivity index (χ0) is 7.44. The van der Waals surface area contributed by atoms with Crippen LogP contribution in [0.4, 0.5) is 0 Å². The van der Waals surface area contributed by atoms with Crippen molar-refractivity contribution in [2.75, 3.05) is 6.54 Å². The minimum atomic E-state index is 0.267. The fourth-order valence-electron chi connectivity index (χ4n) is 0.733. The predicted molar refractivity (Wildman–Crippen MR) is 41.0 cm³/mol. The zero-order valence-corrected chi connectivity index (χ0v) is 6.59. The topological polar surface area (TPSA) is 52.0 Å². The van der Waals surface area contributed by atoms with Gasteiger partial charge in [-0.15, -0.1) is 0 Å². The van der Waals surface area contributed by atoms with Crippen molar-refractivity contribution in [2.24, 2.45) is 23.3 Å². The molecule has 0 radical (unpaired) electrons. The lowest BCUT2D eigenvalue weighted by atomic mass is 9.91. The standard InChI is InChI=1S/C7H18N2/c1-5(4-8)6(2)7(3)9/h5-7H,4,8-9H2,1-3H3. The Morgan fingerprint density at radius 2 is 1.67 bits per heavy atom. The molecule has 0 rings (SSSR count). The highest BCUT2D eigenvalue weighted by molar-refractivity contribution is 4.69. The van der Waals surface area contributed by atoms with E-state index in [-0.39, 0.29) is 6.04 Å². The lowest BCUT2D eigenvalue weighted by molar-refractivity contribution is 0.345. The summed E-state index contributed by atoms with van der Waals surface area (Å²) in [4.78, 5) is 0. The lowest BCUT2D eigenvalue weighted by Crippen LogP contribution is -2.32. The maximum atomic E-state index is 5.66. The molecule has 0 spiro atoms. The number of rotatable bonds is 3. The molecule has 0 aromatic carbocycles. The van der Waals surface area contributed by atoms with Crippen molar-refractivity contribution in [1.82, 2.24) is 0 Å². The molecule has 0 saturated carbocycles. The van der Waals surface area contributed by atoms with E-state index >= 15 is 0 Å². The summed E-state index contributed by atoms with van der Waals surface area (Å²) in [6.45, 7) is 7.04. The van der Waals surface area contributed by atoms with Crippen molar-refractivity contribution >= 4 is 0 Å². The SMILES string of the molecule is CC(N)C(C)C(C)CN. The van der Waals surface area contributed by atoms with Gasteiger partial charge < -0.3 is 11.5 Å². The summed E-state index contributed by atoms with van der Waals surface area (Å²) in [5.41, 5.74) is 11.1. The highest BCUT2D eigenvalue weighted by atomic mass is 14.6. The number of nitrogens with two attached hydrogens (primary N) is 2. The molecule has 0 heterocycles. The Morgan fingerprint density at radius 1 is 1.22 bits per heavy atom. The van der Waals surface area contributed by atoms with E-state index in [2.05, 4.69) is 13.8 Å². The largest absolute Gasteiger partial charge is 0.330 e. The minimum Gasteiger partial charge on any atom is -0.330 e. The number of hydrogen-bond donors (Lipinski definition) is 2. The average Bonchev–Trinajstić information content (AvgIpc) is 1.84. The average molecular weight is 130 g/mol. The van der Waals surface area contributed by atoms with Gasteiger partial charge in [-0.25, -0.2) is 0 Å². The van der Waals surface area contributed by atoms with Gasteiger partial charge in [-0.05, 0) is 25.3 Å². The van der Waals surface area contributed by atoms with Crippen molar-refractivity contribution in [3.8, 4) is 0 Å². The molecule has 0 aromatic heterocycles. The Kier molecular flexibility index (Phi) is 3.82. The van der Waals surface area contributed by atoms with E-state index < -0.39 is 0 Å². The summed E-state index contributed by atoms with van der Waals surface area (Å²) < 4.78 is 0. The van der Waals surface area contributed by atoms with Crippen molar-refractivity contribution in [3.63, 3.8) is 0 Å². The first kappa shape index (κ1) is 8.92. The third kappa shape index (κ3) is 2.82. The summed E-state index contributed by atoms with van der Waals surface area (Å²) in [6, 6.07) is 0.267. The molecule has 56 valence electrons. The molecule has 4 N–H and O–H groups in total. The molecule has 0 aliphatic rings. The lowest BCUT2D eigenvalue weighted by Gasteiger charge is -2.21. The fraction of sp³-hybridized carbons (Fsp3) is 1.00. The van der Waals surface area contributed by atoms with E-state index in [4.69, 9.17) is 11.5 Å². The van der Waals surface area contributed by atoms with Crippen molar-refractivity contribution < 1.29 is 0 Å². The molecule has 0 bridgehead atoms. The van der Waals surface area contributed by atoms with Crippen LogP contribution in [0, 0.1) is 11.8 Å². The van der Waals surface area contributed by atoms with Crippen molar-refractivity contribution in [3.05, 3.63) is 0 Å². The highest BCUT2D eigenvalue weighted by Gasteiger charge is 2.13. The second-order valence-electron chi connectivity index (χ2n) is 2.93. The molecule has 9 heavy (non-hydrogen) atoms. The molecule has 2 heteroatoms.